The van der Waals surface area contributed by atoms with Crippen LogP contribution in [0.15, 0.2) is 48.1 Å². The molecule has 1 aromatic carbocycles. The number of rotatable bonds is 6. The van der Waals surface area contributed by atoms with Gasteiger partial charge in [-0.05, 0) is 42.6 Å². The standard InChI is InChI=1S/C17H16ClN3O2S/c1-2-21-9-14(8-19-21)20-17(22)16-7-12(11-24-16)10-23-15-5-3-13(18)4-6-15/h3-9,11H,2,10H2,1H3,(H,20,22). The molecule has 0 saturated carbocycles. The Morgan fingerprint density at radius 3 is 2.88 bits per heavy atom. The molecular formula is C17H16ClN3O2S. The smallest absolute Gasteiger partial charge is 0.265 e. The second kappa shape index (κ2) is 7.51. The molecule has 0 atom stereocenters. The van der Waals surface area contributed by atoms with Gasteiger partial charge in [-0.25, -0.2) is 0 Å². The highest BCUT2D eigenvalue weighted by atomic mass is 35.5. The van der Waals surface area contributed by atoms with Gasteiger partial charge in [0.05, 0.1) is 16.8 Å². The van der Waals surface area contributed by atoms with Crippen molar-refractivity contribution < 1.29 is 9.53 Å². The first-order valence-electron chi connectivity index (χ1n) is 7.43. The van der Waals surface area contributed by atoms with Crippen molar-refractivity contribution in [3.8, 4) is 5.75 Å². The van der Waals surface area contributed by atoms with Crippen LogP contribution in [-0.2, 0) is 13.2 Å². The Labute approximate surface area is 148 Å². The van der Waals surface area contributed by atoms with Crippen molar-refractivity contribution in [3.63, 3.8) is 0 Å². The van der Waals surface area contributed by atoms with Crippen LogP contribution in [0.5, 0.6) is 5.75 Å². The molecular weight excluding hydrogens is 346 g/mol. The van der Waals surface area contributed by atoms with E-state index in [0.717, 1.165) is 17.9 Å². The minimum atomic E-state index is -0.145. The number of halogens is 1. The van der Waals surface area contributed by atoms with E-state index in [4.69, 9.17) is 16.3 Å². The fraction of sp³-hybridized carbons (Fsp3) is 0.176. The SMILES string of the molecule is CCn1cc(NC(=O)c2cc(COc3ccc(Cl)cc3)cs2)cn1. The molecule has 0 aliphatic heterocycles. The van der Waals surface area contributed by atoms with Crippen LogP contribution in [0, 0.1) is 0 Å². The van der Waals surface area contributed by atoms with E-state index in [1.165, 1.54) is 11.3 Å². The Hall–Kier alpha value is -2.31. The highest BCUT2D eigenvalue weighted by Crippen LogP contribution is 2.20. The first kappa shape index (κ1) is 16.5. The van der Waals surface area contributed by atoms with E-state index >= 15 is 0 Å². The molecule has 24 heavy (non-hydrogen) atoms. The molecule has 7 heteroatoms. The molecule has 124 valence electrons. The second-order valence-corrected chi connectivity index (χ2v) is 6.45. The molecule has 0 unspecified atom stereocenters. The predicted molar refractivity (Wildman–Crippen MR) is 96.0 cm³/mol. The Kier molecular flexibility index (Phi) is 5.17. The van der Waals surface area contributed by atoms with Gasteiger partial charge in [-0.3, -0.25) is 9.48 Å². The molecule has 3 aromatic rings. The van der Waals surface area contributed by atoms with Gasteiger partial charge >= 0.3 is 0 Å². The van der Waals surface area contributed by atoms with Crippen LogP contribution in [0.1, 0.15) is 22.2 Å². The maximum atomic E-state index is 12.2. The van der Waals surface area contributed by atoms with Gasteiger partial charge < -0.3 is 10.1 Å². The molecule has 0 radical (unpaired) electrons. The molecule has 0 spiro atoms. The number of nitrogens with one attached hydrogen (secondary N) is 1. The average molecular weight is 362 g/mol. The number of carbonyl (C=O) groups is 1. The Balaban J connectivity index is 1.58. The number of amides is 1. The molecule has 5 nitrogen and oxygen atoms in total. The molecule has 1 N–H and O–H groups in total. The van der Waals surface area contributed by atoms with Crippen molar-refractivity contribution in [2.75, 3.05) is 5.32 Å². The third-order valence-corrected chi connectivity index (χ3v) is 4.54. The van der Waals surface area contributed by atoms with Crippen LogP contribution in [0.25, 0.3) is 0 Å². The summed E-state index contributed by atoms with van der Waals surface area (Å²) < 4.78 is 7.44. The van der Waals surface area contributed by atoms with Gasteiger partial charge in [-0.1, -0.05) is 11.6 Å². The molecule has 2 aromatic heterocycles. The van der Waals surface area contributed by atoms with Crippen molar-refractivity contribution in [3.05, 3.63) is 63.6 Å². The van der Waals surface area contributed by atoms with Crippen molar-refractivity contribution in [2.24, 2.45) is 0 Å². The van der Waals surface area contributed by atoms with Crippen LogP contribution in [-0.4, -0.2) is 15.7 Å². The van der Waals surface area contributed by atoms with E-state index in [9.17, 15) is 4.79 Å². The molecule has 0 saturated heterocycles. The number of anilines is 1. The third kappa shape index (κ3) is 4.15. The molecule has 3 rings (SSSR count). The summed E-state index contributed by atoms with van der Waals surface area (Å²) in [6, 6.07) is 9.02. The second-order valence-electron chi connectivity index (χ2n) is 5.10. The van der Waals surface area contributed by atoms with E-state index in [1.54, 1.807) is 29.2 Å². The molecule has 0 aliphatic rings. The van der Waals surface area contributed by atoms with Gasteiger partial charge in [0.15, 0.2) is 0 Å². The summed E-state index contributed by atoms with van der Waals surface area (Å²) in [6.07, 6.45) is 3.44. The highest BCUT2D eigenvalue weighted by molar-refractivity contribution is 7.12. The summed E-state index contributed by atoms with van der Waals surface area (Å²) in [7, 11) is 0. The minimum absolute atomic E-state index is 0.145. The summed E-state index contributed by atoms with van der Waals surface area (Å²) in [5.74, 6) is 0.594. The molecule has 2 heterocycles. The van der Waals surface area contributed by atoms with Crippen LogP contribution >= 0.6 is 22.9 Å². The largest absolute Gasteiger partial charge is 0.489 e. The Morgan fingerprint density at radius 2 is 2.17 bits per heavy atom. The lowest BCUT2D eigenvalue weighted by Gasteiger charge is -2.04. The molecule has 1 amide bonds. The lowest BCUT2D eigenvalue weighted by molar-refractivity contribution is 0.103. The topological polar surface area (TPSA) is 56.2 Å². The van der Waals surface area contributed by atoms with E-state index in [-0.39, 0.29) is 5.91 Å². The average Bonchev–Trinajstić information content (AvgIpc) is 3.23. The number of aryl methyl sites for hydroxylation is 1. The number of benzene rings is 1. The zero-order chi connectivity index (χ0) is 16.9. The molecule has 0 fully saturated rings. The van der Waals surface area contributed by atoms with Crippen LogP contribution in [0.4, 0.5) is 5.69 Å². The highest BCUT2D eigenvalue weighted by Gasteiger charge is 2.11. The zero-order valence-electron chi connectivity index (χ0n) is 13.0. The monoisotopic (exact) mass is 361 g/mol. The number of hydrogen-bond acceptors (Lipinski definition) is 4. The number of thiophene rings is 1. The Morgan fingerprint density at radius 1 is 1.38 bits per heavy atom. The van der Waals surface area contributed by atoms with Gasteiger partial charge in [0, 0.05) is 23.3 Å². The lowest BCUT2D eigenvalue weighted by Crippen LogP contribution is -2.09. The number of ether oxygens (including phenoxy) is 1. The van der Waals surface area contributed by atoms with Crippen molar-refractivity contribution >= 4 is 34.5 Å². The normalized spacial score (nSPS) is 10.6. The molecule has 0 aliphatic carbocycles. The van der Waals surface area contributed by atoms with Gasteiger partial charge in [-0.2, -0.15) is 5.10 Å². The van der Waals surface area contributed by atoms with E-state index < -0.39 is 0 Å². The van der Waals surface area contributed by atoms with Crippen LogP contribution in [0.2, 0.25) is 5.02 Å². The number of carbonyl (C=O) groups excluding carboxylic acids is 1. The van der Waals surface area contributed by atoms with Crippen LogP contribution < -0.4 is 10.1 Å². The van der Waals surface area contributed by atoms with Crippen molar-refractivity contribution in [2.45, 2.75) is 20.1 Å². The Bertz CT molecular complexity index is 826. The quantitative estimate of drug-likeness (QED) is 0.705. The maximum absolute atomic E-state index is 12.2. The lowest BCUT2D eigenvalue weighted by atomic mass is 10.3. The van der Waals surface area contributed by atoms with Crippen molar-refractivity contribution in [1.29, 1.82) is 0 Å². The first-order valence-corrected chi connectivity index (χ1v) is 8.69. The van der Waals surface area contributed by atoms with Crippen LogP contribution in [0.3, 0.4) is 0 Å². The van der Waals surface area contributed by atoms with Gasteiger partial charge in [-0.15, -0.1) is 11.3 Å². The number of aromatic nitrogens is 2. The summed E-state index contributed by atoms with van der Waals surface area (Å²) in [6.45, 7) is 3.16. The fourth-order valence-corrected chi connectivity index (χ4v) is 2.98. The summed E-state index contributed by atoms with van der Waals surface area (Å²) in [5, 5.41) is 9.56. The summed E-state index contributed by atoms with van der Waals surface area (Å²) in [4.78, 5) is 12.9. The van der Waals surface area contributed by atoms with Gasteiger partial charge in [0.25, 0.3) is 5.91 Å². The molecule has 0 bridgehead atoms. The van der Waals surface area contributed by atoms with Gasteiger partial charge in [0.2, 0.25) is 0 Å². The zero-order valence-corrected chi connectivity index (χ0v) is 14.6. The first-order chi connectivity index (χ1) is 11.6. The van der Waals surface area contributed by atoms with E-state index in [0.29, 0.717) is 22.2 Å². The summed E-state index contributed by atoms with van der Waals surface area (Å²) >= 11 is 7.23. The minimum Gasteiger partial charge on any atom is -0.489 e. The number of nitrogens with zero attached hydrogens (tertiary/aromatic N) is 2. The predicted octanol–water partition coefficient (Wildman–Crippen LogP) is 4.45. The van der Waals surface area contributed by atoms with Crippen molar-refractivity contribution in [1.82, 2.24) is 9.78 Å². The number of hydrogen-bond donors (Lipinski definition) is 1. The fourth-order valence-electron chi connectivity index (χ4n) is 2.06. The maximum Gasteiger partial charge on any atom is 0.265 e. The van der Waals surface area contributed by atoms with E-state index in [2.05, 4.69) is 10.4 Å². The summed E-state index contributed by atoms with van der Waals surface area (Å²) in [5.41, 5.74) is 1.64. The third-order valence-electron chi connectivity index (χ3n) is 3.31. The van der Waals surface area contributed by atoms with Gasteiger partial charge in [0.1, 0.15) is 12.4 Å². The van der Waals surface area contributed by atoms with E-state index in [1.807, 2.05) is 30.5 Å².